The fourth-order valence-electron chi connectivity index (χ4n) is 1.44. The maximum atomic E-state index is 11.6. The second kappa shape index (κ2) is 8.44. The van der Waals surface area contributed by atoms with Gasteiger partial charge in [0.15, 0.2) is 0 Å². The molecule has 5 nitrogen and oxygen atoms in total. The van der Waals surface area contributed by atoms with E-state index in [2.05, 4.69) is 24.5 Å². The smallest absolute Gasteiger partial charge is 0.220 e. The number of hydrogen-bond acceptors (Lipinski definition) is 4. The van der Waals surface area contributed by atoms with Crippen molar-refractivity contribution in [2.45, 2.75) is 51.6 Å². The molecular formula is C12H26N2O3. The zero-order chi connectivity index (χ0) is 13.3. The van der Waals surface area contributed by atoms with Crippen molar-refractivity contribution in [1.29, 1.82) is 0 Å². The normalized spacial score (nSPS) is 11.9. The Labute approximate surface area is 104 Å². The topological polar surface area (TPSA) is 81.6 Å². The molecule has 5 heteroatoms. The van der Waals surface area contributed by atoms with Crippen LogP contribution in [0.3, 0.4) is 0 Å². The van der Waals surface area contributed by atoms with E-state index in [4.69, 9.17) is 0 Å². The molecule has 0 radical (unpaired) electrons. The minimum Gasteiger partial charge on any atom is -0.394 e. The zero-order valence-electron chi connectivity index (χ0n) is 11.1. The highest BCUT2D eigenvalue weighted by Gasteiger charge is 2.27. The third-order valence-electron chi connectivity index (χ3n) is 2.82. The molecule has 0 unspecified atom stereocenters. The van der Waals surface area contributed by atoms with Crippen LogP contribution in [0.25, 0.3) is 0 Å². The van der Waals surface area contributed by atoms with Crippen molar-refractivity contribution < 1.29 is 15.0 Å². The standard InChI is InChI=1S/C12H26N2O3/c1-4-12(8-15,9-16)14-11(17)6-5-7-13-10(2)3/h10,13,15-16H,4-9H2,1-3H3,(H,14,17). The molecule has 0 atom stereocenters. The van der Waals surface area contributed by atoms with Gasteiger partial charge in [0.2, 0.25) is 5.91 Å². The number of carbonyl (C=O) groups is 1. The highest BCUT2D eigenvalue weighted by atomic mass is 16.3. The fraction of sp³-hybridized carbons (Fsp3) is 0.917. The Hall–Kier alpha value is -0.650. The number of rotatable bonds is 9. The Morgan fingerprint density at radius 2 is 1.88 bits per heavy atom. The Balaban J connectivity index is 3.91. The van der Waals surface area contributed by atoms with Gasteiger partial charge in [-0.15, -0.1) is 0 Å². The van der Waals surface area contributed by atoms with Crippen molar-refractivity contribution in [1.82, 2.24) is 10.6 Å². The largest absolute Gasteiger partial charge is 0.394 e. The molecule has 0 aliphatic carbocycles. The monoisotopic (exact) mass is 246 g/mol. The molecule has 0 rings (SSSR count). The maximum absolute atomic E-state index is 11.6. The molecular weight excluding hydrogens is 220 g/mol. The van der Waals surface area contributed by atoms with E-state index >= 15 is 0 Å². The first-order valence-corrected chi connectivity index (χ1v) is 6.25. The summed E-state index contributed by atoms with van der Waals surface area (Å²) in [5.41, 5.74) is -0.872. The Morgan fingerprint density at radius 1 is 1.29 bits per heavy atom. The number of aliphatic hydroxyl groups excluding tert-OH is 2. The summed E-state index contributed by atoms with van der Waals surface area (Å²) >= 11 is 0. The van der Waals surface area contributed by atoms with Crippen LogP contribution in [0.1, 0.15) is 40.0 Å². The molecule has 1 amide bonds. The Kier molecular flexibility index (Phi) is 8.12. The average Bonchev–Trinajstić information content (AvgIpc) is 2.32. The van der Waals surface area contributed by atoms with Gasteiger partial charge in [-0.05, 0) is 19.4 Å². The van der Waals surface area contributed by atoms with Gasteiger partial charge in [-0.1, -0.05) is 20.8 Å². The number of carbonyl (C=O) groups excluding carboxylic acids is 1. The molecule has 0 aromatic carbocycles. The third kappa shape index (κ3) is 6.61. The second-order valence-corrected chi connectivity index (χ2v) is 4.71. The quantitative estimate of drug-likeness (QED) is 0.432. The molecule has 102 valence electrons. The van der Waals surface area contributed by atoms with Gasteiger partial charge in [0, 0.05) is 12.5 Å². The number of hydrogen-bond donors (Lipinski definition) is 4. The molecule has 0 saturated heterocycles. The molecule has 0 aromatic rings. The number of nitrogens with one attached hydrogen (secondary N) is 2. The third-order valence-corrected chi connectivity index (χ3v) is 2.82. The molecule has 0 aromatic heterocycles. The molecule has 0 fully saturated rings. The van der Waals surface area contributed by atoms with Crippen molar-refractivity contribution in [2.75, 3.05) is 19.8 Å². The van der Waals surface area contributed by atoms with Crippen LogP contribution in [0, 0.1) is 0 Å². The molecule has 0 aliphatic heterocycles. The molecule has 0 aliphatic rings. The SMILES string of the molecule is CCC(CO)(CO)NC(=O)CCCNC(C)C. The average molecular weight is 246 g/mol. The lowest BCUT2D eigenvalue weighted by atomic mass is 9.98. The van der Waals surface area contributed by atoms with Crippen molar-refractivity contribution in [2.24, 2.45) is 0 Å². The van der Waals surface area contributed by atoms with Gasteiger partial charge in [-0.3, -0.25) is 4.79 Å². The summed E-state index contributed by atoms with van der Waals surface area (Å²) in [7, 11) is 0. The van der Waals surface area contributed by atoms with Gasteiger partial charge in [0.1, 0.15) is 0 Å². The first-order valence-electron chi connectivity index (χ1n) is 6.25. The zero-order valence-corrected chi connectivity index (χ0v) is 11.1. The van der Waals surface area contributed by atoms with Crippen molar-refractivity contribution in [3.63, 3.8) is 0 Å². The van der Waals surface area contributed by atoms with E-state index in [9.17, 15) is 15.0 Å². The van der Waals surface area contributed by atoms with E-state index in [1.165, 1.54) is 0 Å². The summed E-state index contributed by atoms with van der Waals surface area (Å²) in [5, 5.41) is 24.3. The summed E-state index contributed by atoms with van der Waals surface area (Å²) in [6.07, 6.45) is 1.66. The van der Waals surface area contributed by atoms with Crippen molar-refractivity contribution in [3.05, 3.63) is 0 Å². The predicted molar refractivity (Wildman–Crippen MR) is 67.7 cm³/mol. The van der Waals surface area contributed by atoms with Crippen LogP contribution >= 0.6 is 0 Å². The minimum absolute atomic E-state index is 0.125. The first kappa shape index (κ1) is 16.4. The fourth-order valence-corrected chi connectivity index (χ4v) is 1.44. The molecule has 0 spiro atoms. The van der Waals surface area contributed by atoms with E-state index in [-0.39, 0.29) is 19.1 Å². The summed E-state index contributed by atoms with van der Waals surface area (Å²) in [5.74, 6) is -0.125. The summed E-state index contributed by atoms with van der Waals surface area (Å²) in [4.78, 5) is 11.6. The van der Waals surface area contributed by atoms with E-state index < -0.39 is 5.54 Å². The van der Waals surface area contributed by atoms with Crippen LogP contribution in [0.4, 0.5) is 0 Å². The van der Waals surface area contributed by atoms with Gasteiger partial charge >= 0.3 is 0 Å². The van der Waals surface area contributed by atoms with Gasteiger partial charge < -0.3 is 20.8 Å². The molecule has 0 bridgehead atoms. The second-order valence-electron chi connectivity index (χ2n) is 4.71. The van der Waals surface area contributed by atoms with E-state index in [1.54, 1.807) is 0 Å². The molecule has 17 heavy (non-hydrogen) atoms. The lowest BCUT2D eigenvalue weighted by Crippen LogP contribution is -2.53. The van der Waals surface area contributed by atoms with E-state index in [0.717, 1.165) is 13.0 Å². The van der Waals surface area contributed by atoms with Gasteiger partial charge in [0.25, 0.3) is 0 Å². The molecule has 4 N–H and O–H groups in total. The minimum atomic E-state index is -0.872. The van der Waals surface area contributed by atoms with Crippen LogP contribution in [-0.4, -0.2) is 47.5 Å². The number of amides is 1. The molecule has 0 heterocycles. The van der Waals surface area contributed by atoms with Crippen LogP contribution in [0.15, 0.2) is 0 Å². The Morgan fingerprint density at radius 3 is 2.29 bits per heavy atom. The lowest BCUT2D eigenvalue weighted by Gasteiger charge is -2.29. The highest BCUT2D eigenvalue weighted by Crippen LogP contribution is 2.08. The van der Waals surface area contributed by atoms with Crippen LogP contribution in [-0.2, 0) is 4.79 Å². The lowest BCUT2D eigenvalue weighted by molar-refractivity contribution is -0.124. The van der Waals surface area contributed by atoms with Crippen LogP contribution in [0.5, 0.6) is 0 Å². The summed E-state index contributed by atoms with van der Waals surface area (Å²) < 4.78 is 0. The van der Waals surface area contributed by atoms with Crippen LogP contribution < -0.4 is 10.6 Å². The van der Waals surface area contributed by atoms with Crippen LogP contribution in [0.2, 0.25) is 0 Å². The summed E-state index contributed by atoms with van der Waals surface area (Å²) in [6.45, 7) is 6.25. The predicted octanol–water partition coefficient (Wildman–Crippen LogP) is 0.0142. The van der Waals surface area contributed by atoms with Gasteiger partial charge in [0.05, 0.1) is 18.8 Å². The van der Waals surface area contributed by atoms with E-state index in [1.807, 2.05) is 6.92 Å². The number of aliphatic hydroxyl groups is 2. The summed E-state index contributed by atoms with van der Waals surface area (Å²) in [6, 6.07) is 0.419. The van der Waals surface area contributed by atoms with Crippen molar-refractivity contribution >= 4 is 5.91 Å². The molecule has 0 saturated carbocycles. The highest BCUT2D eigenvalue weighted by molar-refractivity contribution is 5.76. The van der Waals surface area contributed by atoms with Crippen molar-refractivity contribution in [3.8, 4) is 0 Å². The maximum Gasteiger partial charge on any atom is 0.220 e. The Bertz CT molecular complexity index is 208. The first-order chi connectivity index (χ1) is 7.99. The van der Waals surface area contributed by atoms with E-state index in [0.29, 0.717) is 18.9 Å². The van der Waals surface area contributed by atoms with Gasteiger partial charge in [-0.2, -0.15) is 0 Å². The van der Waals surface area contributed by atoms with Gasteiger partial charge in [-0.25, -0.2) is 0 Å².